The van der Waals surface area contributed by atoms with Gasteiger partial charge < -0.3 is 10.3 Å². The van der Waals surface area contributed by atoms with Crippen LogP contribution in [0.5, 0.6) is 0 Å². The maximum absolute atomic E-state index is 6.35. The first-order valence-electron chi connectivity index (χ1n) is 7.06. The van der Waals surface area contributed by atoms with Crippen LogP contribution in [0.4, 0.5) is 0 Å². The zero-order valence-electron chi connectivity index (χ0n) is 11.7. The Morgan fingerprint density at radius 2 is 2.14 bits per heavy atom. The smallest absolute Gasteiger partial charge is 0.0945 e. The topological polar surface area (TPSA) is 47.1 Å². The van der Waals surface area contributed by atoms with E-state index in [-0.39, 0.29) is 6.04 Å². The van der Waals surface area contributed by atoms with Crippen molar-refractivity contribution in [2.75, 3.05) is 13.1 Å². The average Bonchev–Trinajstić information content (AvgIpc) is 3.05. The third-order valence-corrected chi connectivity index (χ3v) is 4.50. The van der Waals surface area contributed by atoms with Gasteiger partial charge in [-0.2, -0.15) is 0 Å². The predicted molar refractivity (Wildman–Crippen MR) is 85.5 cm³/mol. The third-order valence-electron chi connectivity index (χ3n) is 3.97. The molecule has 1 atom stereocenters. The summed E-state index contributed by atoms with van der Waals surface area (Å²) in [5.74, 6) is 0. The van der Waals surface area contributed by atoms with Crippen LogP contribution in [0, 0.1) is 0 Å². The SMILES string of the molecule is NCC1c2c(Cl)cc(Cl)cc2CN1CCCn1ccnc1. The number of nitrogens with two attached hydrogens (primary N) is 1. The largest absolute Gasteiger partial charge is 0.337 e. The second kappa shape index (κ2) is 6.36. The van der Waals surface area contributed by atoms with E-state index < -0.39 is 0 Å². The van der Waals surface area contributed by atoms with Gasteiger partial charge in [0.2, 0.25) is 0 Å². The lowest BCUT2D eigenvalue weighted by Crippen LogP contribution is -2.29. The van der Waals surface area contributed by atoms with Gasteiger partial charge in [-0.1, -0.05) is 23.2 Å². The van der Waals surface area contributed by atoms with E-state index in [0.29, 0.717) is 11.6 Å². The molecule has 1 aliphatic rings. The van der Waals surface area contributed by atoms with E-state index in [1.54, 1.807) is 12.3 Å². The van der Waals surface area contributed by atoms with Crippen molar-refractivity contribution in [2.24, 2.45) is 5.73 Å². The lowest BCUT2D eigenvalue weighted by molar-refractivity contribution is 0.213. The standard InChI is InChI=1S/C15H18Cl2N4/c16-12-6-11-9-21(4-1-3-20-5-2-19-10-20)14(8-18)15(11)13(17)7-12/h2,5-7,10,14H,1,3-4,8-9,18H2. The molecule has 1 unspecified atom stereocenters. The monoisotopic (exact) mass is 324 g/mol. The Kier molecular flexibility index (Phi) is 4.50. The van der Waals surface area contributed by atoms with Crippen LogP contribution in [0.3, 0.4) is 0 Å². The molecule has 0 bridgehead atoms. The van der Waals surface area contributed by atoms with Crippen molar-refractivity contribution in [3.8, 4) is 0 Å². The van der Waals surface area contributed by atoms with Crippen molar-refractivity contribution in [1.82, 2.24) is 14.5 Å². The number of nitrogens with zero attached hydrogens (tertiary/aromatic N) is 3. The molecular weight excluding hydrogens is 307 g/mol. The number of rotatable bonds is 5. The molecule has 0 spiro atoms. The van der Waals surface area contributed by atoms with Crippen LogP contribution in [-0.2, 0) is 13.1 Å². The normalized spacial score (nSPS) is 18.1. The van der Waals surface area contributed by atoms with E-state index in [1.807, 2.05) is 18.6 Å². The van der Waals surface area contributed by atoms with Crippen LogP contribution in [0.2, 0.25) is 10.0 Å². The van der Waals surface area contributed by atoms with Crippen molar-refractivity contribution in [1.29, 1.82) is 0 Å². The summed E-state index contributed by atoms with van der Waals surface area (Å²) in [6.45, 7) is 3.36. The number of hydrogen-bond donors (Lipinski definition) is 1. The number of imidazole rings is 1. The molecule has 6 heteroatoms. The molecule has 21 heavy (non-hydrogen) atoms. The third kappa shape index (κ3) is 3.09. The van der Waals surface area contributed by atoms with E-state index in [2.05, 4.69) is 14.5 Å². The van der Waals surface area contributed by atoms with Gasteiger partial charge in [0, 0.05) is 54.7 Å². The Balaban J connectivity index is 1.69. The second-order valence-corrected chi connectivity index (χ2v) is 6.18. The summed E-state index contributed by atoms with van der Waals surface area (Å²) < 4.78 is 2.09. The summed E-state index contributed by atoms with van der Waals surface area (Å²) in [7, 11) is 0. The maximum atomic E-state index is 6.35. The minimum atomic E-state index is 0.188. The highest BCUT2D eigenvalue weighted by atomic mass is 35.5. The minimum Gasteiger partial charge on any atom is -0.337 e. The maximum Gasteiger partial charge on any atom is 0.0945 e. The molecule has 1 aromatic heterocycles. The van der Waals surface area contributed by atoms with Gasteiger partial charge in [-0.05, 0) is 29.7 Å². The molecule has 2 heterocycles. The summed E-state index contributed by atoms with van der Waals surface area (Å²) in [5, 5.41) is 1.42. The summed E-state index contributed by atoms with van der Waals surface area (Å²) in [6, 6.07) is 3.99. The molecule has 0 radical (unpaired) electrons. The quantitative estimate of drug-likeness (QED) is 0.919. The second-order valence-electron chi connectivity index (χ2n) is 5.34. The highest BCUT2D eigenvalue weighted by Gasteiger charge is 2.31. The molecule has 1 aliphatic heterocycles. The fraction of sp³-hybridized carbons (Fsp3) is 0.400. The number of aryl methyl sites for hydroxylation is 1. The zero-order chi connectivity index (χ0) is 14.8. The Morgan fingerprint density at radius 3 is 2.86 bits per heavy atom. The van der Waals surface area contributed by atoms with Crippen molar-refractivity contribution in [3.63, 3.8) is 0 Å². The first-order chi connectivity index (χ1) is 10.2. The molecule has 2 aromatic rings. The molecule has 0 fully saturated rings. The number of halogens is 2. The Bertz CT molecular complexity index is 612. The van der Waals surface area contributed by atoms with Crippen molar-refractivity contribution in [3.05, 3.63) is 52.0 Å². The molecule has 0 amide bonds. The minimum absolute atomic E-state index is 0.188. The molecule has 4 nitrogen and oxygen atoms in total. The van der Waals surface area contributed by atoms with Crippen LogP contribution in [0.1, 0.15) is 23.6 Å². The molecule has 2 N–H and O–H groups in total. The van der Waals surface area contributed by atoms with E-state index >= 15 is 0 Å². The van der Waals surface area contributed by atoms with Gasteiger partial charge in [-0.3, -0.25) is 4.90 Å². The lowest BCUT2D eigenvalue weighted by atomic mass is 10.0. The Morgan fingerprint density at radius 1 is 1.29 bits per heavy atom. The summed E-state index contributed by atoms with van der Waals surface area (Å²) in [4.78, 5) is 6.43. The number of fused-ring (bicyclic) bond motifs is 1. The van der Waals surface area contributed by atoms with E-state index in [1.165, 1.54) is 5.56 Å². The predicted octanol–water partition coefficient (Wildman–Crippen LogP) is 3.10. The van der Waals surface area contributed by atoms with Crippen LogP contribution < -0.4 is 5.73 Å². The highest BCUT2D eigenvalue weighted by Crippen LogP contribution is 2.39. The molecule has 0 aliphatic carbocycles. The van der Waals surface area contributed by atoms with Gasteiger partial charge in [0.15, 0.2) is 0 Å². The van der Waals surface area contributed by atoms with Crippen LogP contribution >= 0.6 is 23.2 Å². The summed E-state index contributed by atoms with van der Waals surface area (Å²) >= 11 is 12.4. The van der Waals surface area contributed by atoms with Gasteiger partial charge in [-0.15, -0.1) is 0 Å². The highest BCUT2D eigenvalue weighted by molar-refractivity contribution is 6.35. The van der Waals surface area contributed by atoms with Crippen molar-refractivity contribution >= 4 is 23.2 Å². The van der Waals surface area contributed by atoms with Crippen LogP contribution in [0.15, 0.2) is 30.9 Å². The summed E-state index contributed by atoms with van der Waals surface area (Å²) in [5.41, 5.74) is 8.31. The van der Waals surface area contributed by atoms with Gasteiger partial charge in [0.1, 0.15) is 0 Å². The van der Waals surface area contributed by atoms with Gasteiger partial charge in [0.05, 0.1) is 6.33 Å². The Hall–Kier alpha value is -1.07. The first-order valence-corrected chi connectivity index (χ1v) is 7.82. The van der Waals surface area contributed by atoms with Crippen LogP contribution in [-0.4, -0.2) is 27.5 Å². The number of aromatic nitrogens is 2. The molecular formula is C15H18Cl2N4. The van der Waals surface area contributed by atoms with Gasteiger partial charge in [0.25, 0.3) is 0 Å². The van der Waals surface area contributed by atoms with E-state index in [9.17, 15) is 0 Å². The van der Waals surface area contributed by atoms with Crippen molar-refractivity contribution in [2.45, 2.75) is 25.6 Å². The fourth-order valence-corrected chi connectivity index (χ4v) is 3.69. The fourth-order valence-electron chi connectivity index (χ4n) is 3.03. The molecule has 3 rings (SSSR count). The van der Waals surface area contributed by atoms with Gasteiger partial charge >= 0.3 is 0 Å². The molecule has 0 saturated carbocycles. The number of hydrogen-bond acceptors (Lipinski definition) is 3. The van der Waals surface area contributed by atoms with Gasteiger partial charge in [-0.25, -0.2) is 4.98 Å². The van der Waals surface area contributed by atoms with Crippen molar-refractivity contribution < 1.29 is 0 Å². The van der Waals surface area contributed by atoms with E-state index in [0.717, 1.165) is 36.6 Å². The zero-order valence-corrected chi connectivity index (χ0v) is 13.2. The summed E-state index contributed by atoms with van der Waals surface area (Å²) in [6.07, 6.45) is 6.67. The molecule has 1 aromatic carbocycles. The molecule has 112 valence electrons. The van der Waals surface area contributed by atoms with Crippen LogP contribution in [0.25, 0.3) is 0 Å². The van der Waals surface area contributed by atoms with E-state index in [4.69, 9.17) is 28.9 Å². The Labute approximate surface area is 134 Å². The number of benzene rings is 1. The lowest BCUT2D eigenvalue weighted by Gasteiger charge is -2.24. The molecule has 0 saturated heterocycles. The average molecular weight is 325 g/mol. The first kappa shape index (κ1) is 14.9.